The van der Waals surface area contributed by atoms with Crippen LogP contribution in [0.15, 0.2) is 94.9 Å². The molecule has 0 unspecified atom stereocenters. The molecule has 2 aromatic heterocycles. The van der Waals surface area contributed by atoms with Crippen LogP contribution in [-0.4, -0.2) is 38.7 Å². The molecule has 1 atom stereocenters. The third-order valence-electron chi connectivity index (χ3n) is 6.13. The van der Waals surface area contributed by atoms with Gasteiger partial charge in [0, 0.05) is 39.8 Å². The van der Waals surface area contributed by atoms with Gasteiger partial charge in [0.05, 0.1) is 5.56 Å². The van der Waals surface area contributed by atoms with E-state index in [1.165, 1.54) is 35.2 Å². The lowest BCUT2D eigenvalue weighted by molar-refractivity contribution is -0.139. The SMILES string of the molecule is O=C(N[C@@H](CSCc1ccccc1)C(=O)O)c1nc(-c2ccc(C(F)(F)F)cc2)oc1-c1ccc(-c2nccs2)cc1. The Morgan fingerprint density at radius 2 is 1.62 bits per heavy atom. The van der Waals surface area contributed by atoms with Gasteiger partial charge in [-0.3, -0.25) is 4.79 Å². The minimum Gasteiger partial charge on any atom is -0.480 e. The maximum absolute atomic E-state index is 13.4. The highest BCUT2D eigenvalue weighted by Gasteiger charge is 2.31. The predicted octanol–water partition coefficient (Wildman–Crippen LogP) is 7.27. The number of hydrogen-bond donors (Lipinski definition) is 2. The molecule has 0 aliphatic rings. The number of carbonyl (C=O) groups is 2. The van der Waals surface area contributed by atoms with Crippen molar-refractivity contribution in [1.29, 1.82) is 0 Å². The second-order valence-corrected chi connectivity index (χ2v) is 11.0. The van der Waals surface area contributed by atoms with Crippen molar-refractivity contribution in [2.75, 3.05) is 5.75 Å². The van der Waals surface area contributed by atoms with Gasteiger partial charge in [-0.05, 0) is 29.8 Å². The van der Waals surface area contributed by atoms with Crippen LogP contribution in [0.4, 0.5) is 13.2 Å². The van der Waals surface area contributed by atoms with Crippen LogP contribution in [0.1, 0.15) is 21.6 Å². The van der Waals surface area contributed by atoms with E-state index in [4.69, 9.17) is 4.42 Å². The van der Waals surface area contributed by atoms with Crippen LogP contribution in [-0.2, 0) is 16.7 Å². The van der Waals surface area contributed by atoms with E-state index in [-0.39, 0.29) is 28.7 Å². The molecular weight excluding hydrogens is 587 g/mol. The number of benzene rings is 3. The number of amides is 1. The molecule has 5 rings (SSSR count). The minimum atomic E-state index is -4.52. The zero-order valence-electron chi connectivity index (χ0n) is 21.7. The molecule has 0 saturated carbocycles. The number of rotatable bonds is 10. The van der Waals surface area contributed by atoms with Gasteiger partial charge >= 0.3 is 12.1 Å². The number of aromatic nitrogens is 2. The average molecular weight is 610 g/mol. The van der Waals surface area contributed by atoms with Gasteiger partial charge in [-0.2, -0.15) is 24.9 Å². The molecule has 0 fully saturated rings. The normalized spacial score (nSPS) is 12.2. The number of carbonyl (C=O) groups excluding carboxylic acids is 1. The van der Waals surface area contributed by atoms with E-state index < -0.39 is 29.7 Å². The fraction of sp³-hybridized carbons (Fsp3) is 0.133. The second kappa shape index (κ2) is 12.6. The number of alkyl halides is 3. The van der Waals surface area contributed by atoms with E-state index in [1.54, 1.807) is 30.5 Å². The molecule has 0 spiro atoms. The van der Waals surface area contributed by atoms with E-state index in [9.17, 15) is 27.9 Å². The number of thiazole rings is 1. The summed E-state index contributed by atoms with van der Waals surface area (Å²) in [4.78, 5) is 34.0. The first-order chi connectivity index (χ1) is 20.2. The Hall–Kier alpha value is -4.42. The lowest BCUT2D eigenvalue weighted by Crippen LogP contribution is -2.42. The molecule has 7 nitrogen and oxygen atoms in total. The number of halogens is 3. The van der Waals surface area contributed by atoms with Crippen LogP contribution in [0.3, 0.4) is 0 Å². The summed E-state index contributed by atoms with van der Waals surface area (Å²) >= 11 is 2.81. The van der Waals surface area contributed by atoms with Crippen LogP contribution in [0.2, 0.25) is 0 Å². The van der Waals surface area contributed by atoms with Crippen molar-refractivity contribution < 1.29 is 32.3 Å². The molecule has 12 heteroatoms. The van der Waals surface area contributed by atoms with E-state index in [0.717, 1.165) is 28.3 Å². The molecule has 0 aliphatic heterocycles. The Morgan fingerprint density at radius 3 is 2.24 bits per heavy atom. The van der Waals surface area contributed by atoms with Gasteiger partial charge < -0.3 is 14.8 Å². The van der Waals surface area contributed by atoms with Gasteiger partial charge in [0.25, 0.3) is 5.91 Å². The number of thioether (sulfide) groups is 1. The van der Waals surface area contributed by atoms with Gasteiger partial charge in [-0.25, -0.2) is 14.8 Å². The largest absolute Gasteiger partial charge is 0.480 e. The smallest absolute Gasteiger partial charge is 0.416 e. The van der Waals surface area contributed by atoms with Gasteiger partial charge in [-0.15, -0.1) is 11.3 Å². The van der Waals surface area contributed by atoms with Crippen molar-refractivity contribution in [1.82, 2.24) is 15.3 Å². The van der Waals surface area contributed by atoms with E-state index >= 15 is 0 Å². The number of oxazole rings is 1. The molecule has 214 valence electrons. The first-order valence-corrected chi connectivity index (χ1v) is 14.6. The fourth-order valence-electron chi connectivity index (χ4n) is 4.00. The number of nitrogens with one attached hydrogen (secondary N) is 1. The molecule has 2 heterocycles. The Bertz CT molecular complexity index is 1660. The maximum Gasteiger partial charge on any atom is 0.416 e. The molecule has 3 aromatic carbocycles. The highest BCUT2D eigenvalue weighted by Crippen LogP contribution is 2.34. The van der Waals surface area contributed by atoms with Crippen molar-refractivity contribution >= 4 is 35.0 Å². The molecule has 0 radical (unpaired) electrons. The molecule has 0 aliphatic carbocycles. The van der Waals surface area contributed by atoms with E-state index in [2.05, 4.69) is 15.3 Å². The van der Waals surface area contributed by atoms with Crippen LogP contribution >= 0.6 is 23.1 Å². The monoisotopic (exact) mass is 609 g/mol. The number of aliphatic carboxylic acids is 1. The summed E-state index contributed by atoms with van der Waals surface area (Å²) in [5, 5.41) is 14.9. The number of hydrogen-bond acceptors (Lipinski definition) is 7. The third-order valence-corrected chi connectivity index (χ3v) is 8.06. The fourth-order valence-corrected chi connectivity index (χ4v) is 5.65. The molecule has 2 N–H and O–H groups in total. The molecule has 1 amide bonds. The zero-order valence-corrected chi connectivity index (χ0v) is 23.3. The van der Waals surface area contributed by atoms with Crippen molar-refractivity contribution in [3.05, 3.63) is 107 Å². The first-order valence-electron chi connectivity index (χ1n) is 12.5. The Kier molecular flexibility index (Phi) is 8.74. The zero-order chi connectivity index (χ0) is 29.7. The minimum absolute atomic E-state index is 0.0502. The quantitative estimate of drug-likeness (QED) is 0.172. The Labute approximate surface area is 246 Å². The van der Waals surface area contributed by atoms with Crippen LogP contribution in [0.25, 0.3) is 33.3 Å². The number of carboxylic acid groups (broad SMARTS) is 1. The first kappa shape index (κ1) is 29.1. The Balaban J connectivity index is 1.43. The molecule has 0 saturated heterocycles. The summed E-state index contributed by atoms with van der Waals surface area (Å²) in [6, 6.07) is 19.4. The molecular formula is C30H22F3N3O4S2. The van der Waals surface area contributed by atoms with Crippen molar-refractivity contribution in [3.8, 4) is 33.3 Å². The van der Waals surface area contributed by atoms with Crippen molar-refractivity contribution in [3.63, 3.8) is 0 Å². The summed E-state index contributed by atoms with van der Waals surface area (Å²) in [5.41, 5.74) is 1.51. The third kappa shape index (κ3) is 6.89. The summed E-state index contributed by atoms with van der Waals surface area (Å²) in [7, 11) is 0. The number of nitrogens with zero attached hydrogens (tertiary/aromatic N) is 2. The van der Waals surface area contributed by atoms with Gasteiger partial charge in [-0.1, -0.05) is 54.6 Å². The molecule has 42 heavy (non-hydrogen) atoms. The molecule has 5 aromatic rings. The summed E-state index contributed by atoms with van der Waals surface area (Å²) < 4.78 is 45.2. The summed E-state index contributed by atoms with van der Waals surface area (Å²) in [6.07, 6.45) is -2.84. The maximum atomic E-state index is 13.4. The lowest BCUT2D eigenvalue weighted by Gasteiger charge is -2.14. The van der Waals surface area contributed by atoms with Crippen LogP contribution < -0.4 is 5.32 Å². The van der Waals surface area contributed by atoms with E-state index in [0.29, 0.717) is 11.3 Å². The average Bonchev–Trinajstić information content (AvgIpc) is 3.68. The van der Waals surface area contributed by atoms with Gasteiger partial charge in [0.1, 0.15) is 11.0 Å². The van der Waals surface area contributed by atoms with Gasteiger partial charge in [0.15, 0.2) is 11.5 Å². The standard InChI is InChI=1S/C30H22F3N3O4S2/c31-30(32,33)22-12-10-20(11-13-22)27-36-24(25(40-27)19-6-8-21(9-7-19)28-34-14-15-42-28)26(37)35-23(29(38)39)17-41-16-18-4-2-1-3-5-18/h1-15,23H,16-17H2,(H,35,37)(H,38,39)/t23-/m0/s1. The van der Waals surface area contributed by atoms with Crippen molar-refractivity contribution in [2.24, 2.45) is 0 Å². The molecule has 0 bridgehead atoms. The highest BCUT2D eigenvalue weighted by atomic mass is 32.2. The summed E-state index contributed by atoms with van der Waals surface area (Å²) in [5.74, 6) is -1.39. The highest BCUT2D eigenvalue weighted by molar-refractivity contribution is 7.98. The van der Waals surface area contributed by atoms with E-state index in [1.807, 2.05) is 35.7 Å². The summed E-state index contributed by atoms with van der Waals surface area (Å²) in [6.45, 7) is 0. The predicted molar refractivity (Wildman–Crippen MR) is 155 cm³/mol. The Morgan fingerprint density at radius 1 is 0.952 bits per heavy atom. The lowest BCUT2D eigenvalue weighted by atomic mass is 10.1. The van der Waals surface area contributed by atoms with Crippen molar-refractivity contribution in [2.45, 2.75) is 18.0 Å². The second-order valence-electron chi connectivity index (χ2n) is 9.05. The van der Waals surface area contributed by atoms with Crippen LogP contribution in [0, 0.1) is 0 Å². The van der Waals surface area contributed by atoms with Gasteiger partial charge in [0.2, 0.25) is 5.89 Å². The topological polar surface area (TPSA) is 105 Å². The van der Waals surface area contributed by atoms with Crippen LogP contribution in [0.5, 0.6) is 0 Å². The number of carboxylic acids is 1.